The number of halogens is 3. The van der Waals surface area contributed by atoms with Crippen LogP contribution in [0.15, 0.2) is 42.5 Å². The lowest BCUT2D eigenvalue weighted by atomic mass is 10.00. The molecule has 0 bridgehead atoms. The molecule has 0 N–H and O–H groups in total. The summed E-state index contributed by atoms with van der Waals surface area (Å²) in [6, 6.07) is 9.83. The Morgan fingerprint density at radius 2 is 1.71 bits per heavy atom. The number of aryl methyl sites for hydroxylation is 1. The number of alkyl halides is 3. The summed E-state index contributed by atoms with van der Waals surface area (Å²) < 4.78 is 50.5. The number of hydrogen-bond donors (Lipinski definition) is 0. The van der Waals surface area contributed by atoms with Crippen molar-refractivity contribution in [1.29, 1.82) is 0 Å². The highest BCUT2D eigenvalue weighted by atomic mass is 19.4. The third-order valence-electron chi connectivity index (χ3n) is 5.52. The van der Waals surface area contributed by atoms with Gasteiger partial charge in [0.15, 0.2) is 5.78 Å². The summed E-state index contributed by atoms with van der Waals surface area (Å²) in [6.45, 7) is 8.42. The molecule has 1 aliphatic heterocycles. The minimum Gasteiger partial charge on any atom is -0.490 e. The van der Waals surface area contributed by atoms with Gasteiger partial charge in [0.25, 0.3) is 0 Å². The Hall–Kier alpha value is -3.03. The molecule has 2 aromatic carbocycles. The van der Waals surface area contributed by atoms with Crippen LogP contribution in [0.3, 0.4) is 0 Å². The maximum absolute atomic E-state index is 13.0. The van der Waals surface area contributed by atoms with Crippen molar-refractivity contribution in [2.24, 2.45) is 0 Å². The molecule has 1 amide bonds. The van der Waals surface area contributed by atoms with E-state index in [1.165, 1.54) is 12.1 Å². The van der Waals surface area contributed by atoms with Crippen molar-refractivity contribution in [3.63, 3.8) is 0 Å². The number of likely N-dealkylation sites (tertiary alicyclic amines) is 1. The quantitative estimate of drug-likeness (QED) is 0.480. The predicted octanol–water partition coefficient (Wildman–Crippen LogP) is 6.22. The molecule has 1 heterocycles. The molecule has 0 aromatic heterocycles. The van der Waals surface area contributed by atoms with Gasteiger partial charge in [-0.25, -0.2) is 4.79 Å². The molecule has 0 aliphatic carbocycles. The van der Waals surface area contributed by atoms with E-state index in [1.54, 1.807) is 17.0 Å². The van der Waals surface area contributed by atoms with Gasteiger partial charge in [-0.1, -0.05) is 24.3 Å². The second kappa shape index (κ2) is 10.1. The average molecular weight is 478 g/mol. The maximum atomic E-state index is 13.0. The van der Waals surface area contributed by atoms with E-state index in [2.05, 4.69) is 0 Å². The second-order valence-electron chi connectivity index (χ2n) is 9.56. The number of benzene rings is 2. The number of amides is 1. The molecule has 1 aliphatic rings. The number of rotatable bonds is 5. The Morgan fingerprint density at radius 3 is 2.32 bits per heavy atom. The van der Waals surface area contributed by atoms with E-state index < -0.39 is 23.1 Å². The fourth-order valence-electron chi connectivity index (χ4n) is 3.70. The molecule has 34 heavy (non-hydrogen) atoms. The lowest BCUT2D eigenvalue weighted by Crippen LogP contribution is -2.44. The zero-order valence-corrected chi connectivity index (χ0v) is 19.9. The van der Waals surface area contributed by atoms with Gasteiger partial charge >= 0.3 is 12.3 Å². The highest BCUT2D eigenvalue weighted by Gasteiger charge is 2.31. The topological polar surface area (TPSA) is 55.8 Å². The summed E-state index contributed by atoms with van der Waals surface area (Å²) in [7, 11) is 0. The molecule has 8 heteroatoms. The first-order chi connectivity index (χ1) is 15.8. The summed E-state index contributed by atoms with van der Waals surface area (Å²) in [6.07, 6.45) is -3.67. The van der Waals surface area contributed by atoms with Gasteiger partial charge in [0.1, 0.15) is 17.5 Å². The monoisotopic (exact) mass is 477 g/mol. The Kier molecular flexibility index (Phi) is 7.58. The number of nitrogens with zero attached hydrogens (tertiary/aromatic N) is 1. The summed E-state index contributed by atoms with van der Waals surface area (Å²) in [5.74, 6) is 0.233. The molecule has 1 saturated heterocycles. The van der Waals surface area contributed by atoms with Crippen LogP contribution in [0.25, 0.3) is 0 Å². The van der Waals surface area contributed by atoms with Gasteiger partial charge in [0.2, 0.25) is 0 Å². The molecule has 1 fully saturated rings. The van der Waals surface area contributed by atoms with Crippen LogP contribution in [0.5, 0.6) is 5.75 Å². The third-order valence-corrected chi connectivity index (χ3v) is 5.52. The maximum Gasteiger partial charge on any atom is 0.416 e. The number of Topliss-reactive ketones (excluding diaryl/α,β-unsaturated/α-hetero) is 1. The molecule has 0 atom stereocenters. The van der Waals surface area contributed by atoms with Crippen molar-refractivity contribution in [3.05, 3.63) is 64.7 Å². The van der Waals surface area contributed by atoms with Crippen LogP contribution in [0.4, 0.5) is 18.0 Å². The van der Waals surface area contributed by atoms with Crippen LogP contribution in [0.2, 0.25) is 0 Å². The number of carbonyl (C=O) groups excluding carboxylic acids is 2. The van der Waals surface area contributed by atoms with Gasteiger partial charge in [-0.05, 0) is 57.0 Å². The van der Waals surface area contributed by atoms with Crippen molar-refractivity contribution in [2.45, 2.75) is 64.8 Å². The zero-order chi connectivity index (χ0) is 25.1. The lowest BCUT2D eigenvalue weighted by molar-refractivity contribution is -0.137. The fourth-order valence-corrected chi connectivity index (χ4v) is 3.70. The molecule has 0 saturated carbocycles. The molecular weight excluding hydrogens is 447 g/mol. The van der Waals surface area contributed by atoms with E-state index in [0.717, 1.165) is 17.7 Å². The molecule has 0 spiro atoms. The first-order valence-corrected chi connectivity index (χ1v) is 11.3. The molecule has 0 unspecified atom stereocenters. The van der Waals surface area contributed by atoms with Crippen molar-refractivity contribution in [3.8, 4) is 5.75 Å². The number of carbonyl (C=O) groups is 2. The van der Waals surface area contributed by atoms with E-state index >= 15 is 0 Å². The number of ketones is 1. The summed E-state index contributed by atoms with van der Waals surface area (Å²) in [5, 5.41) is 0. The average Bonchev–Trinajstić information content (AvgIpc) is 2.75. The third kappa shape index (κ3) is 6.98. The van der Waals surface area contributed by atoms with Crippen LogP contribution < -0.4 is 4.74 Å². The standard InChI is InChI=1S/C26H30F3NO4/c1-17-8-9-18(14-22(31)19-6-5-7-20(16-19)26(27,28)29)15-23(17)33-21-10-12-30(13-11-21)24(32)34-25(2,3)4/h5-9,15-16,21H,10-14H2,1-4H3. The molecule has 5 nitrogen and oxygen atoms in total. The summed E-state index contributed by atoms with van der Waals surface area (Å²) in [4.78, 5) is 26.5. The van der Waals surface area contributed by atoms with Gasteiger partial charge in [-0.3, -0.25) is 4.79 Å². The summed E-state index contributed by atoms with van der Waals surface area (Å²) >= 11 is 0. The fraction of sp³-hybridized carbons (Fsp3) is 0.462. The lowest BCUT2D eigenvalue weighted by Gasteiger charge is -2.33. The van der Waals surface area contributed by atoms with Gasteiger partial charge in [0.05, 0.1) is 5.56 Å². The highest BCUT2D eigenvalue weighted by molar-refractivity contribution is 5.97. The molecular formula is C26H30F3NO4. The molecule has 3 rings (SSSR count). The van der Waals surface area contributed by atoms with E-state index in [4.69, 9.17) is 9.47 Å². The van der Waals surface area contributed by atoms with Crippen LogP contribution in [-0.2, 0) is 17.3 Å². The number of piperidine rings is 1. The normalized spacial score (nSPS) is 15.2. The van der Waals surface area contributed by atoms with Crippen LogP contribution in [0.1, 0.15) is 60.7 Å². The van der Waals surface area contributed by atoms with Crippen molar-refractivity contribution < 1.29 is 32.2 Å². The first kappa shape index (κ1) is 25.6. The predicted molar refractivity (Wildman–Crippen MR) is 122 cm³/mol. The van der Waals surface area contributed by atoms with Crippen LogP contribution in [0, 0.1) is 6.92 Å². The smallest absolute Gasteiger partial charge is 0.416 e. The first-order valence-electron chi connectivity index (χ1n) is 11.3. The molecule has 184 valence electrons. The van der Waals surface area contributed by atoms with Gasteiger partial charge in [-0.2, -0.15) is 13.2 Å². The Morgan fingerprint density at radius 1 is 1.03 bits per heavy atom. The van der Waals surface area contributed by atoms with E-state index in [0.29, 0.717) is 37.2 Å². The Labute approximate surface area is 197 Å². The zero-order valence-electron chi connectivity index (χ0n) is 19.9. The van der Waals surface area contributed by atoms with Gasteiger partial charge < -0.3 is 14.4 Å². The van der Waals surface area contributed by atoms with Crippen LogP contribution in [-0.4, -0.2) is 41.6 Å². The van der Waals surface area contributed by atoms with Crippen molar-refractivity contribution in [1.82, 2.24) is 4.90 Å². The van der Waals surface area contributed by atoms with E-state index in [-0.39, 0.29) is 24.2 Å². The minimum absolute atomic E-state index is 0.0207. The SMILES string of the molecule is Cc1ccc(CC(=O)c2cccc(C(F)(F)F)c2)cc1OC1CCN(C(=O)OC(C)(C)C)CC1. The van der Waals surface area contributed by atoms with E-state index in [1.807, 2.05) is 33.8 Å². The number of ether oxygens (including phenoxy) is 2. The largest absolute Gasteiger partial charge is 0.490 e. The highest BCUT2D eigenvalue weighted by Crippen LogP contribution is 2.30. The van der Waals surface area contributed by atoms with Crippen molar-refractivity contribution >= 4 is 11.9 Å². The van der Waals surface area contributed by atoms with Crippen molar-refractivity contribution in [2.75, 3.05) is 13.1 Å². The second-order valence-corrected chi connectivity index (χ2v) is 9.56. The minimum atomic E-state index is -4.50. The van der Waals surface area contributed by atoms with Gasteiger partial charge in [0, 0.05) is 37.9 Å². The summed E-state index contributed by atoms with van der Waals surface area (Å²) in [5.41, 5.74) is 0.184. The van der Waals surface area contributed by atoms with E-state index in [9.17, 15) is 22.8 Å². The van der Waals surface area contributed by atoms with Gasteiger partial charge in [-0.15, -0.1) is 0 Å². The van der Waals surface area contributed by atoms with Crippen LogP contribution >= 0.6 is 0 Å². The number of hydrogen-bond acceptors (Lipinski definition) is 4. The molecule has 0 radical (unpaired) electrons. The molecule has 2 aromatic rings. The Balaban J connectivity index is 1.62. The Bertz CT molecular complexity index is 1040.